The molecule has 7 nitrogen and oxygen atoms in total. The molecule has 3 saturated carbocycles. The lowest BCUT2D eigenvalue weighted by atomic mass is 9.47. The molecule has 39 heavy (non-hydrogen) atoms. The molecular weight excluding hydrogens is 492 g/mol. The van der Waals surface area contributed by atoms with Gasteiger partial charge in [-0.2, -0.15) is 0 Å². The highest BCUT2D eigenvalue weighted by molar-refractivity contribution is 6.05. The van der Waals surface area contributed by atoms with E-state index < -0.39 is 11.6 Å². The molecule has 1 amide bonds. The van der Waals surface area contributed by atoms with Gasteiger partial charge >= 0.3 is 5.97 Å². The van der Waals surface area contributed by atoms with Crippen LogP contribution in [0.25, 0.3) is 0 Å². The Bertz CT molecular complexity index is 1190. The van der Waals surface area contributed by atoms with Gasteiger partial charge in [0.05, 0.1) is 12.0 Å². The fraction of sp³-hybridized carbons (Fsp3) is 0.594. The molecule has 0 aromatic heterocycles. The summed E-state index contributed by atoms with van der Waals surface area (Å²) in [6, 6.07) is 9.34. The molecule has 7 atom stereocenters. The zero-order valence-corrected chi connectivity index (χ0v) is 23.4. The molecular formula is C32H42N2O5. The van der Waals surface area contributed by atoms with Crippen molar-refractivity contribution in [2.75, 3.05) is 13.2 Å². The number of nitrogens with one attached hydrogen (secondary N) is 1. The third kappa shape index (κ3) is 5.18. The average Bonchev–Trinajstić information content (AvgIpc) is 3.15. The number of carbonyl (C=O) groups is 2. The van der Waals surface area contributed by atoms with E-state index in [0.717, 1.165) is 44.1 Å². The molecule has 4 aliphatic rings. The van der Waals surface area contributed by atoms with Gasteiger partial charge in [-0.05, 0) is 86.3 Å². The normalized spacial score (nSPS) is 36.8. The second kappa shape index (κ2) is 10.6. The minimum atomic E-state index is -0.906. The van der Waals surface area contributed by atoms with Crippen LogP contribution in [-0.2, 0) is 14.4 Å². The van der Waals surface area contributed by atoms with Gasteiger partial charge in [0.2, 0.25) is 0 Å². The van der Waals surface area contributed by atoms with E-state index in [9.17, 15) is 19.8 Å². The lowest BCUT2D eigenvalue weighted by Crippen LogP contribution is -2.53. The number of hydrogen-bond acceptors (Lipinski definition) is 5. The number of oxime groups is 1. The number of hydrogen-bond donors (Lipinski definition) is 3. The number of carbonyl (C=O) groups excluding carboxylic acids is 1. The summed E-state index contributed by atoms with van der Waals surface area (Å²) >= 11 is 0. The Hall–Kier alpha value is -2.93. The number of nitrogens with zero attached hydrogens (tertiary/aromatic N) is 1. The number of amides is 1. The lowest BCUT2D eigenvalue weighted by molar-refractivity contribution is -0.137. The number of benzene rings is 1. The molecule has 7 heteroatoms. The first kappa shape index (κ1) is 27.6. The van der Waals surface area contributed by atoms with Crippen molar-refractivity contribution in [3.8, 4) is 0 Å². The number of carboxylic acids is 1. The van der Waals surface area contributed by atoms with Crippen molar-refractivity contribution < 1.29 is 24.6 Å². The summed E-state index contributed by atoms with van der Waals surface area (Å²) in [5, 5.41) is 27.4. The Labute approximate surface area is 231 Å². The van der Waals surface area contributed by atoms with E-state index in [0.29, 0.717) is 23.5 Å². The number of fused-ring (bicyclic) bond motifs is 5. The van der Waals surface area contributed by atoms with Crippen LogP contribution in [-0.4, -0.2) is 46.6 Å². The monoisotopic (exact) mass is 534 g/mol. The molecule has 0 aliphatic heterocycles. The van der Waals surface area contributed by atoms with Crippen LogP contribution in [0.2, 0.25) is 0 Å². The summed E-state index contributed by atoms with van der Waals surface area (Å²) in [6.07, 6.45) is 12.7. The predicted octanol–water partition coefficient (Wildman–Crippen LogP) is 5.22. The second-order valence-corrected chi connectivity index (χ2v) is 12.8. The fourth-order valence-corrected chi connectivity index (χ4v) is 8.21. The topological polar surface area (TPSA) is 108 Å². The smallest absolute Gasteiger partial charge is 0.304 e. The van der Waals surface area contributed by atoms with Crippen LogP contribution in [0.15, 0.2) is 59.3 Å². The molecule has 0 bridgehead atoms. The highest BCUT2D eigenvalue weighted by Gasteiger charge is 2.61. The summed E-state index contributed by atoms with van der Waals surface area (Å²) in [7, 11) is 0. The van der Waals surface area contributed by atoms with Gasteiger partial charge in [-0.3, -0.25) is 9.59 Å². The summed E-state index contributed by atoms with van der Waals surface area (Å²) in [5.41, 5.74) is 2.41. The van der Waals surface area contributed by atoms with Crippen molar-refractivity contribution in [2.24, 2.45) is 33.7 Å². The maximum Gasteiger partial charge on any atom is 0.304 e. The van der Waals surface area contributed by atoms with Gasteiger partial charge < -0.3 is 20.4 Å². The van der Waals surface area contributed by atoms with E-state index in [1.807, 2.05) is 43.3 Å². The fourth-order valence-electron chi connectivity index (χ4n) is 8.21. The Morgan fingerprint density at radius 1 is 1.10 bits per heavy atom. The standard InChI is InChI=1S/C32H42N2O5/c1-30-14-11-24(34-39-20-28(35)33-19-22(17-29(36)37)21-7-5-4-6-8-21)18-23(30)9-10-25-26(30)12-15-31(2)27(25)13-16-32(31,3)38/h4-8,11,14,18,22,25-27,38H,9-10,12-13,15-17,19-20H2,1-3H3,(H,33,35)(H,36,37)/b34-24+/t22-,25-,26+,27+,30+,31+,32+/m1/s1. The molecule has 3 fully saturated rings. The third-order valence-corrected chi connectivity index (χ3v) is 10.7. The van der Waals surface area contributed by atoms with Crippen LogP contribution in [0, 0.1) is 28.6 Å². The van der Waals surface area contributed by atoms with Gasteiger partial charge in [0.15, 0.2) is 6.61 Å². The van der Waals surface area contributed by atoms with Crippen LogP contribution in [0.1, 0.15) is 77.2 Å². The van der Waals surface area contributed by atoms with Crippen LogP contribution in [0.5, 0.6) is 0 Å². The van der Waals surface area contributed by atoms with Gasteiger partial charge in [-0.25, -0.2) is 0 Å². The molecule has 4 aliphatic carbocycles. The van der Waals surface area contributed by atoms with Crippen molar-refractivity contribution in [1.29, 1.82) is 0 Å². The number of aliphatic carboxylic acids is 1. The van der Waals surface area contributed by atoms with Gasteiger partial charge in [-0.1, -0.05) is 61.0 Å². The number of aliphatic hydroxyl groups is 1. The lowest BCUT2D eigenvalue weighted by Gasteiger charge is -2.58. The first-order valence-electron chi connectivity index (χ1n) is 14.4. The van der Waals surface area contributed by atoms with E-state index in [4.69, 9.17) is 4.84 Å². The molecule has 3 N–H and O–H groups in total. The minimum absolute atomic E-state index is 0.00825. The Kier molecular flexibility index (Phi) is 7.49. The number of carboxylic acid groups (broad SMARTS) is 1. The van der Waals surface area contributed by atoms with Gasteiger partial charge in [0.1, 0.15) is 5.71 Å². The molecule has 0 unspecified atom stereocenters. The first-order chi connectivity index (χ1) is 18.5. The van der Waals surface area contributed by atoms with Gasteiger partial charge in [-0.15, -0.1) is 0 Å². The molecule has 210 valence electrons. The van der Waals surface area contributed by atoms with Crippen LogP contribution in [0.4, 0.5) is 0 Å². The SMILES string of the molecule is C[C@]12C=C/C(=N\OCC(=O)NC[C@@H](CC(=O)O)c3ccccc3)C=C1CC[C@@H]1[C@@H]2CC[C@@]2(C)[C@H]1CC[C@]2(C)O. The third-order valence-electron chi connectivity index (χ3n) is 10.7. The zero-order chi connectivity index (χ0) is 27.8. The molecule has 0 heterocycles. The molecule has 0 saturated heterocycles. The van der Waals surface area contributed by atoms with Gasteiger partial charge in [0, 0.05) is 17.9 Å². The quantitative estimate of drug-likeness (QED) is 0.396. The van der Waals surface area contributed by atoms with E-state index in [2.05, 4.69) is 36.5 Å². The molecule has 1 aromatic carbocycles. The summed E-state index contributed by atoms with van der Waals surface area (Å²) in [6.45, 7) is 6.71. The van der Waals surface area contributed by atoms with Crippen LogP contribution < -0.4 is 5.32 Å². The van der Waals surface area contributed by atoms with E-state index in [1.54, 1.807) is 0 Å². The Morgan fingerprint density at radius 2 is 1.85 bits per heavy atom. The second-order valence-electron chi connectivity index (χ2n) is 12.8. The average molecular weight is 535 g/mol. The van der Waals surface area contributed by atoms with Crippen molar-refractivity contribution in [3.63, 3.8) is 0 Å². The number of allylic oxidation sites excluding steroid dienone is 4. The first-order valence-corrected chi connectivity index (χ1v) is 14.4. The molecule has 0 spiro atoms. The molecule has 5 rings (SSSR count). The molecule has 0 radical (unpaired) electrons. The predicted molar refractivity (Wildman–Crippen MR) is 150 cm³/mol. The maximum absolute atomic E-state index is 12.4. The van der Waals surface area contributed by atoms with Gasteiger partial charge in [0.25, 0.3) is 5.91 Å². The maximum atomic E-state index is 12.4. The molecule has 1 aromatic rings. The van der Waals surface area contributed by atoms with Crippen molar-refractivity contribution in [3.05, 3.63) is 59.7 Å². The number of rotatable bonds is 8. The summed E-state index contributed by atoms with van der Waals surface area (Å²) < 4.78 is 0. The van der Waals surface area contributed by atoms with E-state index in [1.165, 1.54) is 5.57 Å². The highest BCUT2D eigenvalue weighted by atomic mass is 16.6. The van der Waals surface area contributed by atoms with E-state index >= 15 is 0 Å². The van der Waals surface area contributed by atoms with E-state index in [-0.39, 0.29) is 42.2 Å². The zero-order valence-electron chi connectivity index (χ0n) is 23.4. The minimum Gasteiger partial charge on any atom is -0.481 e. The van der Waals surface area contributed by atoms with Crippen LogP contribution in [0.3, 0.4) is 0 Å². The summed E-state index contributed by atoms with van der Waals surface area (Å²) in [4.78, 5) is 29.1. The highest BCUT2D eigenvalue weighted by Crippen LogP contribution is 2.66. The largest absolute Gasteiger partial charge is 0.481 e. The Balaban J connectivity index is 1.17. The van der Waals surface area contributed by atoms with Crippen molar-refractivity contribution in [1.82, 2.24) is 5.32 Å². The van der Waals surface area contributed by atoms with Crippen LogP contribution >= 0.6 is 0 Å². The van der Waals surface area contributed by atoms with Crippen molar-refractivity contribution in [2.45, 2.75) is 77.2 Å². The summed E-state index contributed by atoms with van der Waals surface area (Å²) in [5.74, 6) is 0.219. The Morgan fingerprint density at radius 3 is 2.59 bits per heavy atom. The van der Waals surface area contributed by atoms with Crippen molar-refractivity contribution >= 4 is 17.6 Å².